The molecule has 0 aliphatic rings. The summed E-state index contributed by atoms with van der Waals surface area (Å²) in [5.74, 6) is -1.04. The summed E-state index contributed by atoms with van der Waals surface area (Å²) in [6.45, 7) is 2.77. The SMILES string of the molecule is CC(=O)C(C)OC(=O)C(Cl)Cl. The minimum Gasteiger partial charge on any atom is -0.453 e. The van der Waals surface area contributed by atoms with Crippen LogP contribution in [0, 0.1) is 0 Å². The van der Waals surface area contributed by atoms with Crippen LogP contribution in [0.3, 0.4) is 0 Å². The molecule has 0 fully saturated rings. The Morgan fingerprint density at radius 1 is 1.36 bits per heavy atom. The molecule has 0 aliphatic heterocycles. The largest absolute Gasteiger partial charge is 0.453 e. The van der Waals surface area contributed by atoms with Gasteiger partial charge in [-0.25, -0.2) is 4.79 Å². The molecule has 0 rings (SSSR count). The molecule has 0 heterocycles. The fourth-order valence-corrected chi connectivity index (χ4v) is 0.412. The average molecular weight is 199 g/mol. The molecule has 3 nitrogen and oxygen atoms in total. The van der Waals surface area contributed by atoms with Gasteiger partial charge in [-0.05, 0) is 13.8 Å². The Labute approximate surface area is 74.6 Å². The highest BCUT2D eigenvalue weighted by atomic mass is 35.5. The van der Waals surface area contributed by atoms with Gasteiger partial charge in [0.05, 0.1) is 0 Å². The molecule has 64 valence electrons. The number of esters is 1. The van der Waals surface area contributed by atoms with Gasteiger partial charge in [-0.15, -0.1) is 0 Å². The number of Topliss-reactive ketones (excluding diaryl/α,β-unsaturated/α-hetero) is 1. The van der Waals surface area contributed by atoms with Gasteiger partial charge in [0.2, 0.25) is 4.84 Å². The Hall–Kier alpha value is -0.280. The predicted octanol–water partition coefficient (Wildman–Crippen LogP) is 1.31. The smallest absolute Gasteiger partial charge is 0.340 e. The molecule has 0 spiro atoms. The predicted molar refractivity (Wildman–Crippen MR) is 41.7 cm³/mol. The molecule has 0 aliphatic carbocycles. The van der Waals surface area contributed by atoms with Gasteiger partial charge < -0.3 is 4.74 Å². The molecule has 0 bridgehead atoms. The summed E-state index contributed by atoms with van der Waals surface area (Å²) < 4.78 is 4.52. The minimum atomic E-state index is -1.23. The molecular weight excluding hydrogens is 191 g/mol. The fourth-order valence-electron chi connectivity index (χ4n) is 0.309. The van der Waals surface area contributed by atoms with Gasteiger partial charge in [-0.1, -0.05) is 23.2 Å². The molecule has 1 unspecified atom stereocenters. The number of carbonyl (C=O) groups is 2. The molecule has 0 aromatic carbocycles. The lowest BCUT2D eigenvalue weighted by Crippen LogP contribution is -2.24. The number of ether oxygens (including phenoxy) is 1. The summed E-state index contributed by atoms with van der Waals surface area (Å²) in [5, 5.41) is 0. The third-order valence-corrected chi connectivity index (χ3v) is 1.40. The van der Waals surface area contributed by atoms with Crippen LogP contribution in [-0.2, 0) is 14.3 Å². The standard InChI is InChI=1S/C6H8Cl2O3/c1-3(9)4(2)11-6(10)5(7)8/h4-5H,1-2H3. The summed E-state index contributed by atoms with van der Waals surface area (Å²) in [6, 6.07) is 0. The number of ketones is 1. The van der Waals surface area contributed by atoms with Crippen molar-refractivity contribution in [1.82, 2.24) is 0 Å². The van der Waals surface area contributed by atoms with Crippen LogP contribution in [0.2, 0.25) is 0 Å². The average Bonchev–Trinajstić information content (AvgIpc) is 1.87. The van der Waals surface area contributed by atoms with Crippen molar-refractivity contribution in [3.8, 4) is 0 Å². The van der Waals surface area contributed by atoms with E-state index in [1.807, 2.05) is 0 Å². The summed E-state index contributed by atoms with van der Waals surface area (Å²) >= 11 is 10.3. The number of alkyl halides is 2. The molecule has 0 radical (unpaired) electrons. The quantitative estimate of drug-likeness (QED) is 0.508. The molecular formula is C6H8Cl2O3. The number of carbonyl (C=O) groups excluding carboxylic acids is 2. The maximum Gasteiger partial charge on any atom is 0.340 e. The van der Waals surface area contributed by atoms with Gasteiger partial charge in [0.25, 0.3) is 0 Å². The first-order valence-electron chi connectivity index (χ1n) is 2.94. The van der Waals surface area contributed by atoms with Crippen LogP contribution < -0.4 is 0 Å². The van der Waals surface area contributed by atoms with Gasteiger partial charge in [0, 0.05) is 0 Å². The zero-order valence-corrected chi connectivity index (χ0v) is 7.65. The number of halogens is 2. The van der Waals surface area contributed by atoms with Crippen LogP contribution in [0.15, 0.2) is 0 Å². The molecule has 0 aromatic heterocycles. The second kappa shape index (κ2) is 4.57. The maximum absolute atomic E-state index is 10.6. The van der Waals surface area contributed by atoms with Gasteiger partial charge in [0.1, 0.15) is 0 Å². The van der Waals surface area contributed by atoms with Crippen LogP contribution >= 0.6 is 23.2 Å². The van der Waals surface area contributed by atoms with Crippen LogP contribution in [0.1, 0.15) is 13.8 Å². The molecule has 11 heavy (non-hydrogen) atoms. The molecule has 0 aromatic rings. The van der Waals surface area contributed by atoms with E-state index in [0.29, 0.717) is 0 Å². The third-order valence-electron chi connectivity index (χ3n) is 1.04. The Balaban J connectivity index is 3.85. The minimum absolute atomic E-state index is 0.243. The first-order valence-corrected chi connectivity index (χ1v) is 3.81. The van der Waals surface area contributed by atoms with E-state index in [0.717, 1.165) is 0 Å². The Morgan fingerprint density at radius 3 is 2.09 bits per heavy atom. The van der Waals surface area contributed by atoms with Crippen molar-refractivity contribution >= 4 is 35.0 Å². The zero-order valence-electron chi connectivity index (χ0n) is 6.14. The fraction of sp³-hybridized carbons (Fsp3) is 0.667. The topological polar surface area (TPSA) is 43.4 Å². The monoisotopic (exact) mass is 198 g/mol. The number of hydrogen-bond donors (Lipinski definition) is 0. The van der Waals surface area contributed by atoms with E-state index < -0.39 is 16.9 Å². The summed E-state index contributed by atoms with van der Waals surface area (Å²) in [6.07, 6.45) is -0.775. The van der Waals surface area contributed by atoms with Crippen LogP contribution in [0.4, 0.5) is 0 Å². The Morgan fingerprint density at radius 2 is 1.82 bits per heavy atom. The van der Waals surface area contributed by atoms with E-state index in [2.05, 4.69) is 4.74 Å². The first kappa shape index (κ1) is 10.7. The third kappa shape index (κ3) is 4.22. The molecule has 0 amide bonds. The molecule has 0 saturated heterocycles. The lowest BCUT2D eigenvalue weighted by Gasteiger charge is -2.09. The molecule has 5 heteroatoms. The zero-order chi connectivity index (χ0) is 9.02. The second-order valence-corrected chi connectivity index (χ2v) is 3.09. The van der Waals surface area contributed by atoms with Gasteiger partial charge in [-0.3, -0.25) is 4.79 Å². The van der Waals surface area contributed by atoms with Crippen molar-refractivity contribution in [3.63, 3.8) is 0 Å². The lowest BCUT2D eigenvalue weighted by molar-refractivity contribution is -0.151. The van der Waals surface area contributed by atoms with E-state index in [4.69, 9.17) is 23.2 Å². The lowest BCUT2D eigenvalue weighted by atomic mass is 10.3. The van der Waals surface area contributed by atoms with E-state index in [1.165, 1.54) is 13.8 Å². The van der Waals surface area contributed by atoms with Gasteiger partial charge in [0.15, 0.2) is 11.9 Å². The van der Waals surface area contributed by atoms with Crippen molar-refractivity contribution in [2.75, 3.05) is 0 Å². The van der Waals surface area contributed by atoms with Crippen molar-refractivity contribution in [3.05, 3.63) is 0 Å². The summed E-state index contributed by atoms with van der Waals surface area (Å²) in [4.78, 5) is 19.9. The molecule has 0 N–H and O–H groups in total. The van der Waals surface area contributed by atoms with Crippen molar-refractivity contribution in [2.45, 2.75) is 24.8 Å². The van der Waals surface area contributed by atoms with E-state index in [-0.39, 0.29) is 5.78 Å². The summed E-state index contributed by atoms with van der Waals surface area (Å²) in [5.41, 5.74) is 0. The van der Waals surface area contributed by atoms with E-state index in [9.17, 15) is 9.59 Å². The normalized spacial score (nSPS) is 12.8. The maximum atomic E-state index is 10.6. The Kier molecular flexibility index (Phi) is 4.45. The molecule has 0 saturated carbocycles. The first-order chi connectivity index (χ1) is 4.95. The number of rotatable bonds is 3. The highest BCUT2D eigenvalue weighted by Crippen LogP contribution is 2.06. The van der Waals surface area contributed by atoms with Crippen LogP contribution in [-0.4, -0.2) is 22.7 Å². The van der Waals surface area contributed by atoms with E-state index >= 15 is 0 Å². The van der Waals surface area contributed by atoms with Crippen LogP contribution in [0.5, 0.6) is 0 Å². The number of hydrogen-bond acceptors (Lipinski definition) is 3. The molecule has 1 atom stereocenters. The highest BCUT2D eigenvalue weighted by Gasteiger charge is 2.18. The van der Waals surface area contributed by atoms with Crippen molar-refractivity contribution in [2.24, 2.45) is 0 Å². The van der Waals surface area contributed by atoms with Gasteiger partial charge in [-0.2, -0.15) is 0 Å². The van der Waals surface area contributed by atoms with Crippen LogP contribution in [0.25, 0.3) is 0 Å². The second-order valence-electron chi connectivity index (χ2n) is 1.99. The highest BCUT2D eigenvalue weighted by molar-refractivity contribution is 6.52. The summed E-state index contributed by atoms with van der Waals surface area (Å²) in [7, 11) is 0. The van der Waals surface area contributed by atoms with Crippen molar-refractivity contribution < 1.29 is 14.3 Å². The van der Waals surface area contributed by atoms with Crippen molar-refractivity contribution in [1.29, 1.82) is 0 Å². The Bertz CT molecular complexity index is 167. The van der Waals surface area contributed by atoms with Gasteiger partial charge >= 0.3 is 5.97 Å². The van der Waals surface area contributed by atoms with E-state index in [1.54, 1.807) is 0 Å².